The Morgan fingerprint density at radius 3 is 2.95 bits per heavy atom. The quantitative estimate of drug-likeness (QED) is 0.747. The summed E-state index contributed by atoms with van der Waals surface area (Å²) < 4.78 is 16.0. The van der Waals surface area contributed by atoms with Crippen LogP contribution in [-0.4, -0.2) is 20.1 Å². The normalized spacial score (nSPS) is 22.8. The average molecular weight is 333 g/mol. The first-order valence-electron chi connectivity index (χ1n) is 6.56. The molecule has 2 heterocycles. The Bertz CT molecular complexity index is 650. The highest BCUT2D eigenvalue weighted by atomic mass is 35.5. The monoisotopic (exact) mass is 332 g/mol. The zero-order chi connectivity index (χ0) is 14.3. The Labute approximate surface area is 131 Å². The fraction of sp³-hybridized carbons (Fsp3) is 0.500. The summed E-state index contributed by atoms with van der Waals surface area (Å²) in [7, 11) is 0. The van der Waals surface area contributed by atoms with Crippen molar-refractivity contribution in [3.63, 3.8) is 0 Å². The van der Waals surface area contributed by atoms with Gasteiger partial charge in [-0.1, -0.05) is 11.6 Å². The van der Waals surface area contributed by atoms with Gasteiger partial charge in [-0.3, -0.25) is 0 Å². The van der Waals surface area contributed by atoms with Crippen molar-refractivity contribution in [2.75, 3.05) is 5.75 Å². The van der Waals surface area contributed by atoms with Crippen LogP contribution in [0.4, 0.5) is 4.39 Å². The molecule has 1 aromatic carbocycles. The fourth-order valence-electron chi connectivity index (χ4n) is 2.74. The number of aromatic nitrogens is 2. The second kappa shape index (κ2) is 5.39. The molecule has 6 heteroatoms. The molecular formula is C14H15Cl2FN2S. The molecule has 3 rings (SSSR count). The maximum absolute atomic E-state index is 13.7. The minimum Gasteiger partial charge on any atom is -0.325 e. The van der Waals surface area contributed by atoms with Crippen LogP contribution in [0, 0.1) is 5.82 Å². The summed E-state index contributed by atoms with van der Waals surface area (Å²) in [6.07, 6.45) is 2.39. The van der Waals surface area contributed by atoms with E-state index in [-0.39, 0.29) is 9.77 Å². The summed E-state index contributed by atoms with van der Waals surface area (Å²) in [5, 5.41) is 0.102. The van der Waals surface area contributed by atoms with Crippen LogP contribution < -0.4 is 0 Å². The number of alkyl halides is 1. The van der Waals surface area contributed by atoms with E-state index in [9.17, 15) is 4.39 Å². The van der Waals surface area contributed by atoms with Gasteiger partial charge < -0.3 is 4.57 Å². The Kier molecular flexibility index (Phi) is 3.91. The summed E-state index contributed by atoms with van der Waals surface area (Å²) in [5.74, 6) is 1.86. The highest BCUT2D eigenvalue weighted by Crippen LogP contribution is 2.40. The minimum absolute atomic E-state index is 0.102. The molecule has 0 amide bonds. The third kappa shape index (κ3) is 2.53. The van der Waals surface area contributed by atoms with E-state index in [1.165, 1.54) is 18.2 Å². The second-order valence-corrected chi connectivity index (χ2v) is 7.76. The predicted molar refractivity (Wildman–Crippen MR) is 84.4 cm³/mol. The van der Waals surface area contributed by atoms with E-state index in [0.29, 0.717) is 11.4 Å². The van der Waals surface area contributed by atoms with Crippen LogP contribution >= 0.6 is 35.0 Å². The van der Waals surface area contributed by atoms with E-state index in [4.69, 9.17) is 23.2 Å². The molecule has 0 radical (unpaired) electrons. The highest BCUT2D eigenvalue weighted by molar-refractivity contribution is 8.00. The number of rotatable bonds is 3. The molecule has 1 atom stereocenters. The van der Waals surface area contributed by atoms with Crippen molar-refractivity contribution in [1.29, 1.82) is 0 Å². The van der Waals surface area contributed by atoms with E-state index in [1.54, 1.807) is 6.07 Å². The predicted octanol–water partition coefficient (Wildman–Crippen LogP) is 4.85. The van der Waals surface area contributed by atoms with Crippen molar-refractivity contribution < 1.29 is 4.39 Å². The molecule has 0 saturated carbocycles. The number of imidazole rings is 1. The first-order valence-corrected chi connectivity index (χ1v) is 8.46. The minimum atomic E-state index is -0.411. The molecule has 0 bridgehead atoms. The zero-order valence-electron chi connectivity index (χ0n) is 11.1. The molecule has 0 aliphatic carbocycles. The number of fused-ring (bicyclic) bond motifs is 1. The molecule has 2 aromatic rings. The number of thioether (sulfide) groups is 1. The van der Waals surface area contributed by atoms with E-state index in [0.717, 1.165) is 24.3 Å². The number of hydrogen-bond acceptors (Lipinski definition) is 2. The summed E-state index contributed by atoms with van der Waals surface area (Å²) in [5.41, 5.74) is 1.48. The van der Waals surface area contributed by atoms with Gasteiger partial charge in [-0.25, -0.2) is 9.37 Å². The molecule has 108 valence electrons. The van der Waals surface area contributed by atoms with Crippen LogP contribution in [0.25, 0.3) is 11.0 Å². The molecule has 2 nitrogen and oxygen atoms in total. The lowest BCUT2D eigenvalue weighted by atomic mass is 10.1. The van der Waals surface area contributed by atoms with Gasteiger partial charge in [0, 0.05) is 17.4 Å². The Balaban J connectivity index is 2.10. The van der Waals surface area contributed by atoms with E-state index >= 15 is 0 Å². The van der Waals surface area contributed by atoms with Gasteiger partial charge in [0.15, 0.2) is 0 Å². The molecule has 1 unspecified atom stereocenters. The first-order chi connectivity index (χ1) is 9.52. The first kappa shape index (κ1) is 14.5. The van der Waals surface area contributed by atoms with Crippen LogP contribution in [0.2, 0.25) is 5.02 Å². The SMILES string of the molecule is CC1(Cn2c(CCl)nc3cc(Cl)c(F)cc32)CCCS1. The molecule has 1 saturated heterocycles. The lowest BCUT2D eigenvalue weighted by molar-refractivity contribution is 0.509. The van der Waals surface area contributed by atoms with Crippen LogP contribution in [-0.2, 0) is 12.4 Å². The van der Waals surface area contributed by atoms with Gasteiger partial charge in [0.2, 0.25) is 0 Å². The Morgan fingerprint density at radius 1 is 1.50 bits per heavy atom. The van der Waals surface area contributed by atoms with Gasteiger partial charge >= 0.3 is 0 Å². The lowest BCUT2D eigenvalue weighted by Gasteiger charge is -2.24. The van der Waals surface area contributed by atoms with E-state index in [2.05, 4.69) is 11.9 Å². The molecule has 1 fully saturated rings. The second-order valence-electron chi connectivity index (χ2n) is 5.40. The number of hydrogen-bond donors (Lipinski definition) is 0. The molecule has 1 aliphatic rings. The van der Waals surface area contributed by atoms with Gasteiger partial charge in [0.05, 0.1) is 21.9 Å². The van der Waals surface area contributed by atoms with E-state index < -0.39 is 5.82 Å². The Hall–Kier alpha value is -0.450. The molecule has 0 spiro atoms. The van der Waals surface area contributed by atoms with Crippen molar-refractivity contribution >= 4 is 46.0 Å². The van der Waals surface area contributed by atoms with Gasteiger partial charge in [0.1, 0.15) is 11.6 Å². The summed E-state index contributed by atoms with van der Waals surface area (Å²) in [4.78, 5) is 4.48. The maximum atomic E-state index is 13.7. The molecular weight excluding hydrogens is 318 g/mol. The molecule has 1 aromatic heterocycles. The standard InChI is InChI=1S/C14H15Cl2FN2S/c1-14(3-2-4-20-14)8-19-12-6-10(17)9(16)5-11(12)18-13(19)7-15/h5-6H,2-4,7-8H2,1H3. The Morgan fingerprint density at radius 2 is 2.30 bits per heavy atom. The largest absolute Gasteiger partial charge is 0.325 e. The highest BCUT2D eigenvalue weighted by Gasteiger charge is 2.31. The fourth-order valence-corrected chi connectivity index (χ4v) is 4.40. The molecule has 1 aliphatic heterocycles. The summed E-state index contributed by atoms with van der Waals surface area (Å²) in [6, 6.07) is 3.03. The van der Waals surface area contributed by atoms with Gasteiger partial charge in [0.25, 0.3) is 0 Å². The van der Waals surface area contributed by atoms with Crippen molar-refractivity contribution in [3.05, 3.63) is 28.8 Å². The lowest BCUT2D eigenvalue weighted by Crippen LogP contribution is -2.24. The van der Waals surface area contributed by atoms with Gasteiger partial charge in [-0.2, -0.15) is 11.8 Å². The van der Waals surface area contributed by atoms with Crippen LogP contribution in [0.3, 0.4) is 0 Å². The molecule has 0 N–H and O–H groups in total. The van der Waals surface area contributed by atoms with Crippen molar-refractivity contribution in [2.24, 2.45) is 0 Å². The van der Waals surface area contributed by atoms with Crippen molar-refractivity contribution in [3.8, 4) is 0 Å². The van der Waals surface area contributed by atoms with Gasteiger partial charge in [-0.05, 0) is 31.6 Å². The zero-order valence-corrected chi connectivity index (χ0v) is 13.5. The smallest absolute Gasteiger partial charge is 0.144 e. The van der Waals surface area contributed by atoms with Crippen molar-refractivity contribution in [2.45, 2.75) is 36.9 Å². The maximum Gasteiger partial charge on any atom is 0.144 e. The van der Waals surface area contributed by atoms with Crippen LogP contribution in [0.15, 0.2) is 12.1 Å². The van der Waals surface area contributed by atoms with Crippen LogP contribution in [0.5, 0.6) is 0 Å². The van der Waals surface area contributed by atoms with Crippen LogP contribution in [0.1, 0.15) is 25.6 Å². The third-order valence-corrected chi connectivity index (χ3v) is 5.83. The summed E-state index contributed by atoms with van der Waals surface area (Å²) >= 11 is 13.8. The summed E-state index contributed by atoms with van der Waals surface area (Å²) in [6.45, 7) is 3.05. The van der Waals surface area contributed by atoms with Gasteiger partial charge in [-0.15, -0.1) is 11.6 Å². The van der Waals surface area contributed by atoms with E-state index in [1.807, 2.05) is 16.3 Å². The number of benzene rings is 1. The molecule has 20 heavy (non-hydrogen) atoms. The third-order valence-electron chi connectivity index (χ3n) is 3.78. The average Bonchev–Trinajstić information content (AvgIpc) is 2.96. The topological polar surface area (TPSA) is 17.8 Å². The number of halogens is 3. The number of nitrogens with zero attached hydrogens (tertiary/aromatic N) is 2. The van der Waals surface area contributed by atoms with Crippen molar-refractivity contribution in [1.82, 2.24) is 9.55 Å².